The third-order valence-electron chi connectivity index (χ3n) is 3.25. The van der Waals surface area contributed by atoms with E-state index in [0.29, 0.717) is 18.8 Å². The monoisotopic (exact) mass is 313 g/mol. The quantitative estimate of drug-likeness (QED) is 0.921. The average molecular weight is 314 g/mol. The van der Waals surface area contributed by atoms with E-state index in [9.17, 15) is 0 Å². The molecule has 3 nitrogen and oxygen atoms in total. The highest BCUT2D eigenvalue weighted by Gasteiger charge is 2.20. The van der Waals surface area contributed by atoms with Crippen LogP contribution in [0, 0.1) is 0 Å². The van der Waals surface area contributed by atoms with Gasteiger partial charge in [0.1, 0.15) is 0 Å². The molecular weight excluding hydrogens is 294 g/mol. The van der Waals surface area contributed by atoms with Gasteiger partial charge in [-0.05, 0) is 31.9 Å². The molecular formula is C14H20BrNO2. The number of nitrogens with one attached hydrogen (secondary N) is 1. The molecule has 1 aliphatic heterocycles. The Balaban J connectivity index is 2.10. The fourth-order valence-electron chi connectivity index (χ4n) is 2.33. The lowest BCUT2D eigenvalue weighted by molar-refractivity contribution is 0.0232. The lowest BCUT2D eigenvalue weighted by Gasteiger charge is -2.29. The third kappa shape index (κ3) is 3.46. The fourth-order valence-corrected chi connectivity index (χ4v) is 2.81. The van der Waals surface area contributed by atoms with Gasteiger partial charge in [-0.25, -0.2) is 0 Å². The molecule has 4 heteroatoms. The predicted octanol–water partition coefficient (Wildman–Crippen LogP) is 3.57. The number of ether oxygens (including phenoxy) is 2. The van der Waals surface area contributed by atoms with E-state index in [1.807, 2.05) is 12.1 Å². The van der Waals surface area contributed by atoms with Crippen LogP contribution in [0.25, 0.3) is 0 Å². The Bertz CT molecular complexity index is 397. The van der Waals surface area contributed by atoms with Crippen LogP contribution in [0.5, 0.6) is 0 Å². The number of anilines is 1. The van der Waals surface area contributed by atoms with Gasteiger partial charge in [0.05, 0.1) is 12.7 Å². The summed E-state index contributed by atoms with van der Waals surface area (Å²) in [7, 11) is 1.72. The van der Waals surface area contributed by atoms with E-state index in [-0.39, 0.29) is 0 Å². The highest BCUT2D eigenvalue weighted by atomic mass is 79.9. The number of rotatable bonds is 4. The van der Waals surface area contributed by atoms with Crippen LogP contribution in [0.2, 0.25) is 0 Å². The summed E-state index contributed by atoms with van der Waals surface area (Å²) in [5.74, 6) is 0. The van der Waals surface area contributed by atoms with Gasteiger partial charge in [0.15, 0.2) is 0 Å². The number of benzene rings is 1. The molecule has 2 unspecified atom stereocenters. The summed E-state index contributed by atoms with van der Waals surface area (Å²) < 4.78 is 11.9. The Labute approximate surface area is 117 Å². The first-order valence-corrected chi connectivity index (χ1v) is 7.14. The maximum atomic E-state index is 5.57. The average Bonchev–Trinajstić information content (AvgIpc) is 2.34. The van der Waals surface area contributed by atoms with Crippen molar-refractivity contribution in [1.29, 1.82) is 0 Å². The highest BCUT2D eigenvalue weighted by molar-refractivity contribution is 9.10. The minimum absolute atomic E-state index is 0.342. The van der Waals surface area contributed by atoms with Gasteiger partial charge in [0.2, 0.25) is 0 Å². The first-order chi connectivity index (χ1) is 8.70. The molecule has 1 aromatic rings. The Morgan fingerprint density at radius 1 is 1.50 bits per heavy atom. The summed E-state index contributed by atoms with van der Waals surface area (Å²) in [5.41, 5.74) is 2.34. The minimum atomic E-state index is 0.342. The van der Waals surface area contributed by atoms with E-state index in [4.69, 9.17) is 9.47 Å². The van der Waals surface area contributed by atoms with Crippen LogP contribution in [-0.4, -0.2) is 25.9 Å². The van der Waals surface area contributed by atoms with Crippen molar-refractivity contribution < 1.29 is 9.47 Å². The molecule has 1 N–H and O–H groups in total. The molecule has 0 aromatic heterocycles. The van der Waals surface area contributed by atoms with Gasteiger partial charge in [-0.15, -0.1) is 0 Å². The zero-order valence-electron chi connectivity index (χ0n) is 10.9. The maximum absolute atomic E-state index is 5.57. The van der Waals surface area contributed by atoms with Gasteiger partial charge < -0.3 is 14.8 Å². The Morgan fingerprint density at radius 2 is 2.33 bits per heavy atom. The molecule has 18 heavy (non-hydrogen) atoms. The normalized spacial score (nSPS) is 23.9. The van der Waals surface area contributed by atoms with Crippen molar-refractivity contribution in [2.24, 2.45) is 0 Å². The van der Waals surface area contributed by atoms with Crippen LogP contribution < -0.4 is 5.32 Å². The molecule has 0 aliphatic carbocycles. The second-order valence-corrected chi connectivity index (χ2v) is 5.60. The van der Waals surface area contributed by atoms with Crippen LogP contribution in [-0.2, 0) is 16.1 Å². The molecule has 0 amide bonds. The molecule has 1 aromatic carbocycles. The topological polar surface area (TPSA) is 30.5 Å². The van der Waals surface area contributed by atoms with Gasteiger partial charge >= 0.3 is 0 Å². The van der Waals surface area contributed by atoms with Gasteiger partial charge in [-0.3, -0.25) is 0 Å². The molecule has 1 aliphatic rings. The van der Waals surface area contributed by atoms with Crippen LogP contribution >= 0.6 is 15.9 Å². The fraction of sp³-hybridized carbons (Fsp3) is 0.571. The molecule has 2 atom stereocenters. The number of halogens is 1. The van der Waals surface area contributed by atoms with Gasteiger partial charge in [0.25, 0.3) is 0 Å². The van der Waals surface area contributed by atoms with Crippen molar-refractivity contribution in [3.63, 3.8) is 0 Å². The molecule has 0 radical (unpaired) electrons. The molecule has 1 saturated heterocycles. The van der Waals surface area contributed by atoms with Crippen LogP contribution in [0.15, 0.2) is 22.7 Å². The van der Waals surface area contributed by atoms with E-state index in [1.54, 1.807) is 7.11 Å². The third-order valence-corrected chi connectivity index (χ3v) is 4.00. The number of hydrogen-bond donors (Lipinski definition) is 1. The standard InChI is InChI=1S/C14H20BrNO2/c1-10-8-11(6-7-18-10)16-14-5-3-4-13(15)12(14)9-17-2/h3-5,10-11,16H,6-9H2,1-2H3. The number of methoxy groups -OCH3 is 1. The smallest absolute Gasteiger partial charge is 0.0744 e. The molecule has 0 spiro atoms. The zero-order chi connectivity index (χ0) is 13.0. The van der Waals surface area contributed by atoms with Crippen molar-refractivity contribution in [3.05, 3.63) is 28.2 Å². The summed E-state index contributed by atoms with van der Waals surface area (Å²) in [6.07, 6.45) is 2.46. The SMILES string of the molecule is COCc1c(Br)cccc1NC1CCOC(C)C1. The Morgan fingerprint density at radius 3 is 3.06 bits per heavy atom. The van der Waals surface area contributed by atoms with Gasteiger partial charge in [-0.1, -0.05) is 22.0 Å². The van der Waals surface area contributed by atoms with E-state index >= 15 is 0 Å². The van der Waals surface area contributed by atoms with Crippen LogP contribution in [0.1, 0.15) is 25.3 Å². The second kappa shape index (κ2) is 6.55. The van der Waals surface area contributed by atoms with E-state index in [2.05, 4.69) is 34.2 Å². The van der Waals surface area contributed by atoms with Crippen LogP contribution in [0.4, 0.5) is 5.69 Å². The Kier molecular flexibility index (Phi) is 5.03. The molecule has 2 rings (SSSR count). The van der Waals surface area contributed by atoms with Crippen molar-refractivity contribution in [2.75, 3.05) is 19.0 Å². The molecule has 0 bridgehead atoms. The van der Waals surface area contributed by atoms with Crippen molar-refractivity contribution in [2.45, 2.75) is 38.5 Å². The summed E-state index contributed by atoms with van der Waals surface area (Å²) in [4.78, 5) is 0. The van der Waals surface area contributed by atoms with Gasteiger partial charge in [0, 0.05) is 35.5 Å². The first kappa shape index (κ1) is 13.8. The molecule has 1 heterocycles. The van der Waals surface area contributed by atoms with E-state index in [1.165, 1.54) is 5.56 Å². The Hall–Kier alpha value is -0.580. The summed E-state index contributed by atoms with van der Waals surface area (Å²) in [6.45, 7) is 3.58. The lowest BCUT2D eigenvalue weighted by atomic mass is 10.0. The molecule has 0 saturated carbocycles. The predicted molar refractivity (Wildman–Crippen MR) is 76.9 cm³/mol. The van der Waals surface area contributed by atoms with Gasteiger partial charge in [-0.2, -0.15) is 0 Å². The summed E-state index contributed by atoms with van der Waals surface area (Å²) in [5, 5.41) is 3.62. The highest BCUT2D eigenvalue weighted by Crippen LogP contribution is 2.28. The lowest BCUT2D eigenvalue weighted by Crippen LogP contribution is -2.32. The van der Waals surface area contributed by atoms with Crippen molar-refractivity contribution in [3.8, 4) is 0 Å². The largest absolute Gasteiger partial charge is 0.382 e. The molecule has 1 fully saturated rings. The summed E-state index contributed by atoms with van der Waals surface area (Å²) >= 11 is 3.58. The molecule has 100 valence electrons. The minimum Gasteiger partial charge on any atom is -0.382 e. The van der Waals surface area contributed by atoms with E-state index < -0.39 is 0 Å². The van der Waals surface area contributed by atoms with Crippen molar-refractivity contribution >= 4 is 21.6 Å². The zero-order valence-corrected chi connectivity index (χ0v) is 12.5. The number of hydrogen-bond acceptors (Lipinski definition) is 3. The summed E-state index contributed by atoms with van der Waals surface area (Å²) in [6, 6.07) is 6.69. The maximum Gasteiger partial charge on any atom is 0.0744 e. The van der Waals surface area contributed by atoms with Crippen molar-refractivity contribution in [1.82, 2.24) is 0 Å². The van der Waals surface area contributed by atoms with Crippen LogP contribution in [0.3, 0.4) is 0 Å². The first-order valence-electron chi connectivity index (χ1n) is 6.35. The van der Waals surface area contributed by atoms with E-state index in [0.717, 1.165) is 29.6 Å². The second-order valence-electron chi connectivity index (χ2n) is 4.75.